The number of aromatic nitrogens is 1. The molecule has 1 aromatic carbocycles. The highest BCUT2D eigenvalue weighted by Crippen LogP contribution is 2.30. The number of aryl methyl sites for hydroxylation is 1. The number of carbonyl (C=O) groups excluding carboxylic acids is 2. The van der Waals surface area contributed by atoms with Crippen LogP contribution in [-0.2, 0) is 9.59 Å². The first-order valence-corrected chi connectivity index (χ1v) is 7.35. The Hall–Kier alpha value is -1.82. The normalized spacial score (nSPS) is 18.9. The summed E-state index contributed by atoms with van der Waals surface area (Å²) in [6, 6.07) is 4.79. The smallest absolute Gasteiger partial charge is 0.234 e. The fourth-order valence-corrected chi connectivity index (χ4v) is 2.96. The fraction of sp³-hybridized carbons (Fsp3) is 0.267. The highest BCUT2D eigenvalue weighted by atomic mass is 79.9. The van der Waals surface area contributed by atoms with Crippen molar-refractivity contribution in [3.8, 4) is 0 Å². The topological polar surface area (TPSA) is 59.1 Å². The maximum absolute atomic E-state index is 13.7. The van der Waals surface area contributed by atoms with Gasteiger partial charge in [0.2, 0.25) is 11.8 Å². The van der Waals surface area contributed by atoms with Crippen molar-refractivity contribution in [3.05, 3.63) is 39.7 Å². The van der Waals surface area contributed by atoms with Crippen LogP contribution in [0.1, 0.15) is 30.0 Å². The maximum Gasteiger partial charge on any atom is 0.234 e. The molecule has 1 fully saturated rings. The number of benzene rings is 1. The molecule has 3 rings (SSSR count). The Morgan fingerprint density at radius 3 is 2.81 bits per heavy atom. The molecule has 1 saturated heterocycles. The van der Waals surface area contributed by atoms with Gasteiger partial charge in [0, 0.05) is 17.5 Å². The molecule has 2 heterocycles. The number of halogens is 2. The summed E-state index contributed by atoms with van der Waals surface area (Å²) >= 11 is 3.14. The summed E-state index contributed by atoms with van der Waals surface area (Å²) in [7, 11) is 0. The fourth-order valence-electron chi connectivity index (χ4n) is 2.62. The van der Waals surface area contributed by atoms with Crippen molar-refractivity contribution in [2.75, 3.05) is 0 Å². The van der Waals surface area contributed by atoms with E-state index in [2.05, 4.69) is 26.2 Å². The van der Waals surface area contributed by atoms with Crippen LogP contribution >= 0.6 is 15.9 Å². The van der Waals surface area contributed by atoms with E-state index in [4.69, 9.17) is 0 Å². The molecule has 1 aliphatic rings. The van der Waals surface area contributed by atoms with Crippen LogP contribution in [0, 0.1) is 12.7 Å². The van der Waals surface area contributed by atoms with Gasteiger partial charge in [-0.2, -0.15) is 0 Å². The number of pyridine rings is 1. The molecule has 21 heavy (non-hydrogen) atoms. The van der Waals surface area contributed by atoms with Gasteiger partial charge in [-0.15, -0.1) is 0 Å². The van der Waals surface area contributed by atoms with Gasteiger partial charge in [0.1, 0.15) is 5.82 Å². The number of piperidine rings is 1. The van der Waals surface area contributed by atoms with Crippen molar-refractivity contribution < 1.29 is 14.0 Å². The average molecular weight is 351 g/mol. The van der Waals surface area contributed by atoms with E-state index in [1.54, 1.807) is 12.1 Å². The minimum absolute atomic E-state index is 0.252. The first kappa shape index (κ1) is 14.1. The summed E-state index contributed by atoms with van der Waals surface area (Å²) < 4.78 is 14.0. The van der Waals surface area contributed by atoms with Crippen molar-refractivity contribution in [2.45, 2.75) is 25.7 Å². The first-order chi connectivity index (χ1) is 9.95. The zero-order valence-electron chi connectivity index (χ0n) is 11.2. The van der Waals surface area contributed by atoms with E-state index in [1.807, 2.05) is 6.92 Å². The lowest BCUT2D eigenvalue weighted by molar-refractivity contribution is -0.134. The Bertz CT molecular complexity index is 776. The quantitative estimate of drug-likeness (QED) is 0.804. The monoisotopic (exact) mass is 350 g/mol. The summed E-state index contributed by atoms with van der Waals surface area (Å²) in [5, 5.41) is 2.98. The van der Waals surface area contributed by atoms with Crippen molar-refractivity contribution in [3.63, 3.8) is 0 Å². The summed E-state index contributed by atoms with van der Waals surface area (Å²) in [6.45, 7) is 1.82. The van der Waals surface area contributed by atoms with Crippen LogP contribution in [0.3, 0.4) is 0 Å². The molecule has 0 radical (unpaired) electrons. The Morgan fingerprint density at radius 1 is 1.33 bits per heavy atom. The van der Waals surface area contributed by atoms with Gasteiger partial charge in [0.15, 0.2) is 0 Å². The SMILES string of the molecule is Cc1nc2cc(Br)c(F)cc2cc1C1CCC(=O)NC1=O. The number of hydrogen-bond donors (Lipinski definition) is 1. The third kappa shape index (κ3) is 2.55. The van der Waals surface area contributed by atoms with E-state index in [0.29, 0.717) is 28.2 Å². The molecule has 1 aliphatic heterocycles. The number of carbonyl (C=O) groups is 2. The maximum atomic E-state index is 13.7. The summed E-state index contributed by atoms with van der Waals surface area (Å²) in [6.07, 6.45) is 0.764. The van der Waals surface area contributed by atoms with Crippen molar-refractivity contribution >= 4 is 38.6 Å². The Morgan fingerprint density at radius 2 is 2.10 bits per heavy atom. The van der Waals surface area contributed by atoms with Crippen molar-refractivity contribution in [2.24, 2.45) is 0 Å². The molecule has 1 atom stereocenters. The molecule has 1 unspecified atom stereocenters. The van der Waals surface area contributed by atoms with Crippen LogP contribution < -0.4 is 5.32 Å². The van der Waals surface area contributed by atoms with Gasteiger partial charge in [0.05, 0.1) is 15.9 Å². The van der Waals surface area contributed by atoms with E-state index in [0.717, 1.165) is 11.3 Å². The minimum Gasteiger partial charge on any atom is -0.296 e. The van der Waals surface area contributed by atoms with Crippen molar-refractivity contribution in [1.82, 2.24) is 10.3 Å². The second kappa shape index (κ2) is 5.18. The van der Waals surface area contributed by atoms with E-state index >= 15 is 0 Å². The molecule has 0 bridgehead atoms. The molecular weight excluding hydrogens is 339 g/mol. The van der Waals surface area contributed by atoms with E-state index < -0.39 is 5.92 Å². The molecule has 0 saturated carbocycles. The number of imide groups is 1. The van der Waals surface area contributed by atoms with Gasteiger partial charge in [0.25, 0.3) is 0 Å². The molecule has 2 aromatic rings. The Balaban J connectivity index is 2.10. The van der Waals surface area contributed by atoms with Crippen LogP contribution in [0.4, 0.5) is 4.39 Å². The molecule has 4 nitrogen and oxygen atoms in total. The lowest BCUT2D eigenvalue weighted by Gasteiger charge is -2.22. The number of amides is 2. The lowest BCUT2D eigenvalue weighted by Crippen LogP contribution is -2.39. The van der Waals surface area contributed by atoms with Crippen molar-refractivity contribution in [1.29, 1.82) is 0 Å². The van der Waals surface area contributed by atoms with E-state index in [1.165, 1.54) is 6.07 Å². The van der Waals surface area contributed by atoms with E-state index in [-0.39, 0.29) is 17.6 Å². The van der Waals surface area contributed by atoms with Crippen LogP contribution in [0.15, 0.2) is 22.7 Å². The van der Waals surface area contributed by atoms with Crippen LogP contribution in [0.5, 0.6) is 0 Å². The van der Waals surface area contributed by atoms with Gasteiger partial charge < -0.3 is 0 Å². The molecule has 0 aliphatic carbocycles. The zero-order valence-corrected chi connectivity index (χ0v) is 12.8. The number of nitrogens with one attached hydrogen (secondary N) is 1. The van der Waals surface area contributed by atoms with Crippen LogP contribution in [0.2, 0.25) is 0 Å². The Kier molecular flexibility index (Phi) is 3.49. The summed E-state index contributed by atoms with van der Waals surface area (Å²) in [5.74, 6) is -1.35. The first-order valence-electron chi connectivity index (χ1n) is 6.55. The average Bonchev–Trinajstić information content (AvgIpc) is 2.41. The van der Waals surface area contributed by atoms with Gasteiger partial charge >= 0.3 is 0 Å². The molecule has 6 heteroatoms. The standard InChI is InChI=1S/C15H12BrFN2O2/c1-7-10(9-2-3-14(20)19-15(9)21)4-8-5-12(17)11(16)6-13(8)18-7/h4-6,9H,2-3H2,1H3,(H,19,20,21). The summed E-state index contributed by atoms with van der Waals surface area (Å²) in [5.41, 5.74) is 2.13. The highest BCUT2D eigenvalue weighted by molar-refractivity contribution is 9.10. The van der Waals surface area contributed by atoms with Gasteiger partial charge in [-0.05, 0) is 53.0 Å². The molecular formula is C15H12BrFN2O2. The third-order valence-electron chi connectivity index (χ3n) is 3.70. The van der Waals surface area contributed by atoms with Crippen LogP contribution in [-0.4, -0.2) is 16.8 Å². The van der Waals surface area contributed by atoms with E-state index in [9.17, 15) is 14.0 Å². The predicted octanol–water partition coefficient (Wildman–Crippen LogP) is 2.97. The molecule has 2 amide bonds. The van der Waals surface area contributed by atoms with Gasteiger partial charge in [-0.1, -0.05) is 0 Å². The third-order valence-corrected chi connectivity index (χ3v) is 4.31. The molecule has 0 spiro atoms. The minimum atomic E-state index is -0.411. The van der Waals surface area contributed by atoms with Gasteiger partial charge in [-0.3, -0.25) is 19.9 Å². The predicted molar refractivity (Wildman–Crippen MR) is 79.3 cm³/mol. The number of nitrogens with zero attached hydrogens (tertiary/aromatic N) is 1. The Labute approximate surface area is 128 Å². The number of fused-ring (bicyclic) bond motifs is 1. The molecule has 1 N–H and O–H groups in total. The summed E-state index contributed by atoms with van der Waals surface area (Å²) in [4.78, 5) is 27.6. The van der Waals surface area contributed by atoms with Crippen LogP contribution in [0.25, 0.3) is 10.9 Å². The molecule has 1 aromatic heterocycles. The lowest BCUT2D eigenvalue weighted by atomic mass is 9.89. The number of hydrogen-bond acceptors (Lipinski definition) is 3. The number of rotatable bonds is 1. The zero-order chi connectivity index (χ0) is 15.1. The molecule has 108 valence electrons. The largest absolute Gasteiger partial charge is 0.296 e. The van der Waals surface area contributed by atoms with Gasteiger partial charge in [-0.25, -0.2) is 4.39 Å². The highest BCUT2D eigenvalue weighted by Gasteiger charge is 2.29. The second-order valence-corrected chi connectivity index (χ2v) is 5.98. The second-order valence-electron chi connectivity index (χ2n) is 5.13.